The maximum Gasteiger partial charge on any atom is 0.223 e. The zero-order valence-electron chi connectivity index (χ0n) is 11.8. The van der Waals surface area contributed by atoms with Crippen molar-refractivity contribution in [3.63, 3.8) is 0 Å². The second kappa shape index (κ2) is 7.85. The molecule has 2 N–H and O–H groups in total. The highest BCUT2D eigenvalue weighted by molar-refractivity contribution is 5.76. The first-order chi connectivity index (χ1) is 9.13. The number of amides is 1. The van der Waals surface area contributed by atoms with Crippen molar-refractivity contribution < 1.29 is 14.3 Å². The highest BCUT2D eigenvalue weighted by Gasteiger charge is 2.19. The molecule has 1 amide bonds. The van der Waals surface area contributed by atoms with Gasteiger partial charge in [0.25, 0.3) is 0 Å². The molecule has 0 aromatic carbocycles. The smallest absolute Gasteiger partial charge is 0.223 e. The number of rotatable bonds is 9. The molecular formula is C12H22N4O3. The molecule has 1 unspecified atom stereocenters. The van der Waals surface area contributed by atoms with Crippen LogP contribution in [0, 0.1) is 0 Å². The quantitative estimate of drug-likeness (QED) is 0.686. The van der Waals surface area contributed by atoms with E-state index in [1.807, 2.05) is 4.68 Å². The van der Waals surface area contributed by atoms with E-state index in [2.05, 4.69) is 17.2 Å². The molecule has 0 radical (unpaired) electrons. The Labute approximate surface area is 113 Å². The van der Waals surface area contributed by atoms with Crippen LogP contribution in [0.25, 0.3) is 0 Å². The van der Waals surface area contributed by atoms with Crippen molar-refractivity contribution in [2.75, 3.05) is 27.4 Å². The van der Waals surface area contributed by atoms with Crippen LogP contribution in [0.15, 0.2) is 0 Å². The Hall–Kier alpha value is -1.47. The molecule has 19 heavy (non-hydrogen) atoms. The average molecular weight is 270 g/mol. The second-order valence-electron chi connectivity index (χ2n) is 4.33. The fourth-order valence-corrected chi connectivity index (χ4v) is 1.95. The van der Waals surface area contributed by atoms with Gasteiger partial charge in [-0.1, -0.05) is 12.1 Å². The minimum Gasteiger partial charge on any atom is -0.384 e. The Morgan fingerprint density at radius 2 is 2.16 bits per heavy atom. The molecule has 0 fully saturated rings. The van der Waals surface area contributed by atoms with Crippen molar-refractivity contribution in [1.82, 2.24) is 15.0 Å². The predicted molar refractivity (Wildman–Crippen MR) is 69.7 cm³/mol. The Bertz CT molecular complexity index is 406. The minimum atomic E-state index is -0.412. The van der Waals surface area contributed by atoms with Crippen LogP contribution in [0.2, 0.25) is 0 Å². The molecule has 1 rings (SSSR count). The molecule has 0 bridgehead atoms. The summed E-state index contributed by atoms with van der Waals surface area (Å²) in [4.78, 5) is 11.1. The van der Waals surface area contributed by atoms with Crippen molar-refractivity contribution in [2.24, 2.45) is 5.73 Å². The van der Waals surface area contributed by atoms with Gasteiger partial charge in [-0.2, -0.15) is 0 Å². The van der Waals surface area contributed by atoms with Crippen molar-refractivity contribution >= 4 is 5.91 Å². The van der Waals surface area contributed by atoms with Crippen LogP contribution in [0.5, 0.6) is 0 Å². The number of nitrogens with two attached hydrogens (primary N) is 1. The first-order valence-electron chi connectivity index (χ1n) is 6.33. The van der Waals surface area contributed by atoms with Gasteiger partial charge in [0.15, 0.2) is 0 Å². The van der Waals surface area contributed by atoms with E-state index in [4.69, 9.17) is 15.2 Å². The van der Waals surface area contributed by atoms with E-state index in [0.717, 1.165) is 12.1 Å². The summed E-state index contributed by atoms with van der Waals surface area (Å²) in [6, 6.07) is 0.103. The summed E-state index contributed by atoms with van der Waals surface area (Å²) < 4.78 is 12.1. The average Bonchev–Trinajstić information content (AvgIpc) is 2.75. The Balaban J connectivity index is 3.00. The molecule has 0 spiro atoms. The first kappa shape index (κ1) is 15.6. The SMILES string of the molecule is CCC(COC)n1nnc(CC(N)=O)c1CCOC. The van der Waals surface area contributed by atoms with Gasteiger partial charge in [-0.15, -0.1) is 5.10 Å². The first-order valence-corrected chi connectivity index (χ1v) is 6.33. The maximum absolute atomic E-state index is 11.1. The highest BCUT2D eigenvalue weighted by atomic mass is 16.5. The fraction of sp³-hybridized carbons (Fsp3) is 0.750. The van der Waals surface area contributed by atoms with Crippen molar-refractivity contribution in [3.8, 4) is 0 Å². The van der Waals surface area contributed by atoms with Crippen LogP contribution in [-0.2, 0) is 27.1 Å². The van der Waals surface area contributed by atoms with Gasteiger partial charge in [0, 0.05) is 20.6 Å². The zero-order chi connectivity index (χ0) is 14.3. The van der Waals surface area contributed by atoms with Crippen LogP contribution in [-0.4, -0.2) is 48.3 Å². The minimum absolute atomic E-state index is 0.0997. The number of primary amides is 1. The largest absolute Gasteiger partial charge is 0.384 e. The lowest BCUT2D eigenvalue weighted by molar-refractivity contribution is -0.117. The van der Waals surface area contributed by atoms with Crippen LogP contribution in [0.1, 0.15) is 30.8 Å². The molecule has 0 aliphatic heterocycles. The third kappa shape index (κ3) is 4.29. The van der Waals surface area contributed by atoms with Crippen LogP contribution in [0.4, 0.5) is 0 Å². The lowest BCUT2D eigenvalue weighted by Crippen LogP contribution is -2.20. The molecule has 7 heteroatoms. The number of hydrogen-bond donors (Lipinski definition) is 1. The second-order valence-corrected chi connectivity index (χ2v) is 4.33. The molecule has 0 aliphatic rings. The van der Waals surface area contributed by atoms with E-state index in [0.29, 0.717) is 25.3 Å². The summed E-state index contributed by atoms with van der Waals surface area (Å²) in [5.74, 6) is -0.412. The van der Waals surface area contributed by atoms with Crippen LogP contribution < -0.4 is 5.73 Å². The number of nitrogens with zero attached hydrogens (tertiary/aromatic N) is 3. The van der Waals surface area contributed by atoms with Gasteiger partial charge in [0.2, 0.25) is 5.91 Å². The molecule has 1 atom stereocenters. The van der Waals surface area contributed by atoms with Crippen LogP contribution >= 0.6 is 0 Å². The Morgan fingerprint density at radius 3 is 2.68 bits per heavy atom. The van der Waals surface area contributed by atoms with Gasteiger partial charge < -0.3 is 15.2 Å². The van der Waals surface area contributed by atoms with E-state index in [-0.39, 0.29) is 12.5 Å². The predicted octanol–water partition coefficient (Wildman–Crippen LogP) is 0.0923. The standard InChI is InChI=1S/C12H22N4O3/c1-4-9(8-19-3)16-11(5-6-18-2)10(14-15-16)7-12(13)17/h9H,4-8H2,1-3H3,(H2,13,17). The molecular weight excluding hydrogens is 248 g/mol. The molecule has 1 aromatic rings. The fourth-order valence-electron chi connectivity index (χ4n) is 1.95. The van der Waals surface area contributed by atoms with Gasteiger partial charge in [0.05, 0.1) is 37.1 Å². The van der Waals surface area contributed by atoms with Gasteiger partial charge in [-0.3, -0.25) is 4.79 Å². The third-order valence-corrected chi connectivity index (χ3v) is 2.93. The van der Waals surface area contributed by atoms with Gasteiger partial charge in [-0.25, -0.2) is 4.68 Å². The van der Waals surface area contributed by atoms with E-state index >= 15 is 0 Å². The highest BCUT2D eigenvalue weighted by Crippen LogP contribution is 2.17. The van der Waals surface area contributed by atoms with E-state index in [1.54, 1.807) is 14.2 Å². The van der Waals surface area contributed by atoms with E-state index in [1.165, 1.54) is 0 Å². The third-order valence-electron chi connectivity index (χ3n) is 2.93. The number of hydrogen-bond acceptors (Lipinski definition) is 5. The van der Waals surface area contributed by atoms with E-state index in [9.17, 15) is 4.79 Å². The summed E-state index contributed by atoms with van der Waals surface area (Å²) in [5, 5.41) is 8.20. The van der Waals surface area contributed by atoms with Crippen molar-refractivity contribution in [2.45, 2.75) is 32.2 Å². The number of ether oxygens (including phenoxy) is 2. The van der Waals surface area contributed by atoms with Gasteiger partial charge in [0.1, 0.15) is 0 Å². The summed E-state index contributed by atoms with van der Waals surface area (Å²) in [5.41, 5.74) is 6.74. The molecule has 7 nitrogen and oxygen atoms in total. The topological polar surface area (TPSA) is 92.3 Å². The summed E-state index contributed by atoms with van der Waals surface area (Å²) in [6.07, 6.45) is 1.61. The number of methoxy groups -OCH3 is 2. The summed E-state index contributed by atoms with van der Waals surface area (Å²) >= 11 is 0. The molecule has 0 aliphatic carbocycles. The molecule has 0 saturated carbocycles. The maximum atomic E-state index is 11.1. The Kier molecular flexibility index (Phi) is 6.44. The number of aromatic nitrogens is 3. The lowest BCUT2D eigenvalue weighted by atomic mass is 10.1. The van der Waals surface area contributed by atoms with Crippen molar-refractivity contribution in [1.29, 1.82) is 0 Å². The van der Waals surface area contributed by atoms with E-state index < -0.39 is 5.91 Å². The van der Waals surface area contributed by atoms with Crippen molar-refractivity contribution in [3.05, 3.63) is 11.4 Å². The molecule has 1 aromatic heterocycles. The van der Waals surface area contributed by atoms with Crippen LogP contribution in [0.3, 0.4) is 0 Å². The Morgan fingerprint density at radius 1 is 1.42 bits per heavy atom. The normalized spacial score (nSPS) is 12.6. The number of carbonyl (C=O) groups excluding carboxylic acids is 1. The van der Waals surface area contributed by atoms with Gasteiger partial charge in [-0.05, 0) is 6.42 Å². The monoisotopic (exact) mass is 270 g/mol. The molecule has 108 valence electrons. The summed E-state index contributed by atoms with van der Waals surface area (Å²) in [6.45, 7) is 3.15. The zero-order valence-corrected chi connectivity index (χ0v) is 11.8. The summed E-state index contributed by atoms with van der Waals surface area (Å²) in [7, 11) is 3.28. The number of carbonyl (C=O) groups is 1. The molecule has 0 saturated heterocycles. The molecule has 1 heterocycles. The van der Waals surface area contributed by atoms with Gasteiger partial charge >= 0.3 is 0 Å². The lowest BCUT2D eigenvalue weighted by Gasteiger charge is -2.17.